The van der Waals surface area contributed by atoms with Gasteiger partial charge in [-0.3, -0.25) is 9.59 Å². The Balaban J connectivity index is 1.51. The van der Waals surface area contributed by atoms with Crippen molar-refractivity contribution in [1.29, 1.82) is 0 Å². The molecule has 0 aliphatic heterocycles. The Bertz CT molecular complexity index is 1500. The Morgan fingerprint density at radius 2 is 1.89 bits per heavy atom. The monoisotopic (exact) mass is 568 g/mol. The normalized spacial score (nSPS) is 11.1. The van der Waals surface area contributed by atoms with E-state index in [1.807, 2.05) is 13.0 Å². The molecule has 10 heteroatoms. The zero-order valence-corrected chi connectivity index (χ0v) is 21.8. The highest BCUT2D eigenvalue weighted by Crippen LogP contribution is 2.28. The average Bonchev–Trinajstić information content (AvgIpc) is 2.85. The fraction of sp³-hybridized carbons (Fsp3) is 0.154. The molecular formula is C26H22BrClN4O4. The summed E-state index contributed by atoms with van der Waals surface area (Å²) in [5, 5.41) is 8.13. The highest BCUT2D eigenvalue weighted by atomic mass is 79.9. The Morgan fingerprint density at radius 3 is 2.64 bits per heavy atom. The van der Waals surface area contributed by atoms with Crippen molar-refractivity contribution < 1.29 is 14.3 Å². The number of nitrogens with one attached hydrogen (secondary N) is 1. The summed E-state index contributed by atoms with van der Waals surface area (Å²) in [4.78, 5) is 29.7. The number of carbonyl (C=O) groups excluding carboxylic acids is 1. The molecule has 4 aromatic rings. The quantitative estimate of drug-likeness (QED) is 0.286. The summed E-state index contributed by atoms with van der Waals surface area (Å²) in [5.41, 5.74) is 1.63. The van der Waals surface area contributed by atoms with Gasteiger partial charge in [-0.2, -0.15) is 9.78 Å². The lowest BCUT2D eigenvalue weighted by Crippen LogP contribution is -2.20. The smallest absolute Gasteiger partial charge is 0.282 e. The van der Waals surface area contributed by atoms with Crippen molar-refractivity contribution in [3.8, 4) is 11.5 Å². The van der Waals surface area contributed by atoms with E-state index in [0.717, 1.165) is 4.47 Å². The molecule has 0 aliphatic carbocycles. The van der Waals surface area contributed by atoms with E-state index >= 15 is 0 Å². The number of amides is 1. The van der Waals surface area contributed by atoms with Gasteiger partial charge in [0, 0.05) is 15.2 Å². The lowest BCUT2D eigenvalue weighted by molar-refractivity contribution is -0.118. The summed E-state index contributed by atoms with van der Waals surface area (Å²) in [7, 11) is 0. The van der Waals surface area contributed by atoms with Gasteiger partial charge in [0.15, 0.2) is 18.1 Å². The summed E-state index contributed by atoms with van der Waals surface area (Å²) in [6.45, 7) is 3.76. The molecule has 184 valence electrons. The third-order valence-electron chi connectivity index (χ3n) is 5.05. The molecule has 1 aromatic heterocycles. The van der Waals surface area contributed by atoms with Crippen LogP contribution in [0.5, 0.6) is 11.5 Å². The Labute approximate surface area is 220 Å². The molecule has 0 saturated carbocycles. The van der Waals surface area contributed by atoms with E-state index in [1.165, 1.54) is 4.68 Å². The number of ether oxygens (including phenoxy) is 2. The van der Waals surface area contributed by atoms with E-state index in [4.69, 9.17) is 21.1 Å². The van der Waals surface area contributed by atoms with Crippen molar-refractivity contribution in [2.75, 3.05) is 18.5 Å². The SMILES string of the molecule is CCOc1cc(C=Nn2c(C)nc3ccc(Br)cc3c2=O)ccc1OCC(=O)Nc1ccc(Cl)cc1. The predicted molar refractivity (Wildman–Crippen MR) is 145 cm³/mol. The van der Waals surface area contributed by atoms with Gasteiger partial charge in [-0.15, -0.1) is 0 Å². The van der Waals surface area contributed by atoms with Crippen LogP contribution in [0, 0.1) is 6.92 Å². The largest absolute Gasteiger partial charge is 0.490 e. The second-order valence-corrected chi connectivity index (χ2v) is 9.02. The molecule has 1 amide bonds. The van der Waals surface area contributed by atoms with E-state index in [2.05, 4.69) is 31.3 Å². The highest BCUT2D eigenvalue weighted by molar-refractivity contribution is 9.10. The maximum atomic E-state index is 12.9. The number of hydrogen-bond acceptors (Lipinski definition) is 6. The van der Waals surface area contributed by atoms with Crippen LogP contribution in [0.4, 0.5) is 5.69 Å². The molecule has 4 rings (SSSR count). The van der Waals surface area contributed by atoms with Crippen LogP contribution < -0.4 is 20.3 Å². The van der Waals surface area contributed by atoms with Gasteiger partial charge in [-0.05, 0) is 80.1 Å². The second-order valence-electron chi connectivity index (χ2n) is 7.66. The zero-order valence-electron chi connectivity index (χ0n) is 19.5. The number of hydrogen-bond donors (Lipinski definition) is 1. The first-order valence-electron chi connectivity index (χ1n) is 11.0. The predicted octanol–water partition coefficient (Wildman–Crippen LogP) is 5.42. The van der Waals surface area contributed by atoms with Crippen molar-refractivity contribution in [1.82, 2.24) is 9.66 Å². The molecule has 3 aromatic carbocycles. The fourth-order valence-corrected chi connectivity index (χ4v) is 3.87. The van der Waals surface area contributed by atoms with E-state index in [0.29, 0.717) is 51.1 Å². The summed E-state index contributed by atoms with van der Waals surface area (Å²) in [5.74, 6) is 0.995. The molecule has 36 heavy (non-hydrogen) atoms. The highest BCUT2D eigenvalue weighted by Gasteiger charge is 2.11. The first kappa shape index (κ1) is 25.4. The summed E-state index contributed by atoms with van der Waals surface area (Å²) in [6, 6.07) is 17.3. The maximum absolute atomic E-state index is 12.9. The summed E-state index contributed by atoms with van der Waals surface area (Å²) >= 11 is 9.25. The van der Waals surface area contributed by atoms with Crippen molar-refractivity contribution >= 4 is 56.2 Å². The van der Waals surface area contributed by atoms with Crippen molar-refractivity contribution in [3.63, 3.8) is 0 Å². The number of nitrogens with zero attached hydrogens (tertiary/aromatic N) is 3. The number of carbonyl (C=O) groups is 1. The molecule has 8 nitrogen and oxygen atoms in total. The maximum Gasteiger partial charge on any atom is 0.282 e. The van der Waals surface area contributed by atoms with Crippen LogP contribution in [0.3, 0.4) is 0 Å². The first-order chi connectivity index (χ1) is 17.3. The van der Waals surface area contributed by atoms with Gasteiger partial charge in [0.2, 0.25) is 0 Å². The summed E-state index contributed by atoms with van der Waals surface area (Å²) in [6.07, 6.45) is 1.54. The molecule has 1 N–H and O–H groups in total. The molecule has 0 radical (unpaired) electrons. The Morgan fingerprint density at radius 1 is 1.11 bits per heavy atom. The Hall–Kier alpha value is -3.69. The van der Waals surface area contributed by atoms with Crippen molar-refractivity contribution in [2.45, 2.75) is 13.8 Å². The van der Waals surface area contributed by atoms with Crippen molar-refractivity contribution in [3.05, 3.63) is 91.9 Å². The third kappa shape index (κ3) is 6.10. The average molecular weight is 570 g/mol. The summed E-state index contributed by atoms with van der Waals surface area (Å²) < 4.78 is 13.4. The van der Waals surface area contributed by atoms with E-state index < -0.39 is 0 Å². The van der Waals surface area contributed by atoms with Gasteiger partial charge >= 0.3 is 0 Å². The van der Waals surface area contributed by atoms with Gasteiger partial charge in [0.05, 0.1) is 23.7 Å². The number of rotatable bonds is 8. The molecule has 0 unspecified atom stereocenters. The second kappa shape index (κ2) is 11.4. The minimum atomic E-state index is -0.323. The third-order valence-corrected chi connectivity index (χ3v) is 5.79. The van der Waals surface area contributed by atoms with Crippen LogP contribution in [0.1, 0.15) is 18.3 Å². The fourth-order valence-electron chi connectivity index (χ4n) is 3.39. The standard InChI is InChI=1S/C26H22BrClN4O4/c1-3-35-24-12-17(4-11-23(24)36-15-25(33)31-20-8-6-19(28)7-9-20)14-29-32-16(2)30-22-10-5-18(27)13-21(22)26(32)34/h4-14H,3,15H2,1-2H3,(H,31,33). The van der Waals surface area contributed by atoms with Crippen LogP contribution in [-0.4, -0.2) is 35.0 Å². The molecule has 0 spiro atoms. The molecule has 0 aliphatic rings. The number of benzene rings is 3. The van der Waals surface area contributed by atoms with Crippen molar-refractivity contribution in [2.24, 2.45) is 5.10 Å². The van der Waals surface area contributed by atoms with Crippen LogP contribution in [-0.2, 0) is 4.79 Å². The number of fused-ring (bicyclic) bond motifs is 1. The van der Waals surface area contributed by atoms with Crippen LogP contribution in [0.2, 0.25) is 5.02 Å². The van der Waals surface area contributed by atoms with Gasteiger partial charge in [0.1, 0.15) is 5.82 Å². The number of aryl methyl sites for hydroxylation is 1. The van der Waals surface area contributed by atoms with Crippen LogP contribution in [0.15, 0.2) is 75.0 Å². The van der Waals surface area contributed by atoms with Gasteiger partial charge in [-0.1, -0.05) is 27.5 Å². The Kier molecular flexibility index (Phi) is 8.02. The minimum Gasteiger partial charge on any atom is -0.490 e. The lowest BCUT2D eigenvalue weighted by atomic mass is 10.2. The molecule has 0 bridgehead atoms. The topological polar surface area (TPSA) is 94.8 Å². The zero-order chi connectivity index (χ0) is 25.7. The molecule has 0 atom stereocenters. The molecular weight excluding hydrogens is 548 g/mol. The van der Waals surface area contributed by atoms with Gasteiger partial charge in [-0.25, -0.2) is 4.98 Å². The first-order valence-corrected chi connectivity index (χ1v) is 12.2. The van der Waals surface area contributed by atoms with Gasteiger partial charge in [0.25, 0.3) is 11.5 Å². The molecule has 0 saturated heterocycles. The molecule has 0 fully saturated rings. The number of halogens is 2. The van der Waals surface area contributed by atoms with Crippen LogP contribution in [0.25, 0.3) is 10.9 Å². The molecule has 1 heterocycles. The van der Waals surface area contributed by atoms with Crippen LogP contribution >= 0.6 is 27.5 Å². The number of anilines is 1. The van der Waals surface area contributed by atoms with E-state index in [1.54, 1.807) is 67.7 Å². The lowest BCUT2D eigenvalue weighted by Gasteiger charge is -2.13. The number of aromatic nitrogens is 2. The van der Waals surface area contributed by atoms with E-state index in [9.17, 15) is 9.59 Å². The minimum absolute atomic E-state index is 0.205. The van der Waals surface area contributed by atoms with Gasteiger partial charge < -0.3 is 14.8 Å². The van der Waals surface area contributed by atoms with E-state index in [-0.39, 0.29) is 18.1 Å².